The summed E-state index contributed by atoms with van der Waals surface area (Å²) < 4.78 is 10.8. The third-order valence-electron chi connectivity index (χ3n) is 2.63. The van der Waals surface area contributed by atoms with Crippen LogP contribution in [-0.2, 0) is 6.61 Å². The Balaban J connectivity index is 2.16. The van der Waals surface area contributed by atoms with E-state index in [0.29, 0.717) is 28.7 Å². The molecule has 0 amide bonds. The Labute approximate surface area is 117 Å². The highest BCUT2D eigenvalue weighted by Crippen LogP contribution is 2.28. The van der Waals surface area contributed by atoms with E-state index >= 15 is 0 Å². The molecule has 0 fully saturated rings. The third kappa shape index (κ3) is 3.18. The van der Waals surface area contributed by atoms with Gasteiger partial charge >= 0.3 is 0 Å². The van der Waals surface area contributed by atoms with E-state index < -0.39 is 0 Å². The Morgan fingerprint density at radius 3 is 2.42 bits per heavy atom. The summed E-state index contributed by atoms with van der Waals surface area (Å²) in [6.45, 7) is 0.374. The van der Waals surface area contributed by atoms with Crippen molar-refractivity contribution in [2.75, 3.05) is 7.11 Å². The maximum atomic E-state index is 9.14. The molecule has 2 rings (SSSR count). The maximum Gasteiger partial charge on any atom is 0.141 e. The highest BCUT2D eigenvalue weighted by Gasteiger charge is 2.09. The molecule has 0 radical (unpaired) electrons. The second-order valence-electron chi connectivity index (χ2n) is 3.86. The van der Waals surface area contributed by atoms with E-state index in [1.165, 1.54) is 7.11 Å². The molecule has 0 aromatic heterocycles. The van der Waals surface area contributed by atoms with Crippen LogP contribution in [0.4, 0.5) is 0 Å². The molecule has 2 aromatic carbocycles. The van der Waals surface area contributed by atoms with Gasteiger partial charge in [0.05, 0.1) is 7.11 Å². The first-order valence-electron chi connectivity index (χ1n) is 5.69. The third-order valence-corrected chi connectivity index (χ3v) is 2.88. The number of rotatable bonds is 4. The van der Waals surface area contributed by atoms with Gasteiger partial charge in [-0.1, -0.05) is 29.8 Å². The molecular weight excluding hydrogens is 262 g/mol. The van der Waals surface area contributed by atoms with Crippen molar-refractivity contribution in [2.24, 2.45) is 0 Å². The van der Waals surface area contributed by atoms with Gasteiger partial charge < -0.3 is 9.47 Å². The number of hydrogen-bond acceptors (Lipinski definition) is 3. The quantitative estimate of drug-likeness (QED) is 0.851. The van der Waals surface area contributed by atoms with Gasteiger partial charge in [-0.3, -0.25) is 0 Å². The number of methoxy groups -OCH3 is 1. The molecule has 0 unspecified atom stereocenters. The van der Waals surface area contributed by atoms with Gasteiger partial charge in [0.25, 0.3) is 0 Å². The fourth-order valence-electron chi connectivity index (χ4n) is 1.65. The summed E-state index contributed by atoms with van der Waals surface area (Å²) in [5, 5.41) is 9.82. The molecule has 0 aliphatic heterocycles. The van der Waals surface area contributed by atoms with Gasteiger partial charge in [0.1, 0.15) is 29.7 Å². The van der Waals surface area contributed by atoms with Crippen molar-refractivity contribution in [1.29, 1.82) is 5.26 Å². The predicted molar refractivity (Wildman–Crippen MR) is 73.5 cm³/mol. The van der Waals surface area contributed by atoms with Gasteiger partial charge in [0, 0.05) is 5.02 Å². The SMILES string of the molecule is COc1cccc(OCc2ccc(Cl)cc2)c1C#N. The molecule has 0 heterocycles. The highest BCUT2D eigenvalue weighted by molar-refractivity contribution is 6.30. The van der Waals surface area contributed by atoms with Crippen molar-refractivity contribution in [1.82, 2.24) is 0 Å². The van der Waals surface area contributed by atoms with Gasteiger partial charge in [0.15, 0.2) is 0 Å². The summed E-state index contributed by atoms with van der Waals surface area (Å²) in [6, 6.07) is 14.7. The summed E-state index contributed by atoms with van der Waals surface area (Å²) >= 11 is 5.82. The Bertz CT molecular complexity index is 603. The van der Waals surface area contributed by atoms with Crippen molar-refractivity contribution in [2.45, 2.75) is 6.61 Å². The van der Waals surface area contributed by atoms with E-state index in [2.05, 4.69) is 6.07 Å². The average Bonchev–Trinajstić information content (AvgIpc) is 2.46. The molecule has 3 nitrogen and oxygen atoms in total. The zero-order valence-electron chi connectivity index (χ0n) is 10.4. The minimum atomic E-state index is 0.374. The molecular formula is C15H12ClNO2. The zero-order valence-corrected chi connectivity index (χ0v) is 11.1. The van der Waals surface area contributed by atoms with Crippen LogP contribution in [0, 0.1) is 11.3 Å². The second-order valence-corrected chi connectivity index (χ2v) is 4.30. The van der Waals surface area contributed by atoms with Gasteiger partial charge in [-0.05, 0) is 29.8 Å². The average molecular weight is 274 g/mol. The molecule has 0 atom stereocenters. The van der Waals surface area contributed by atoms with Crippen molar-refractivity contribution < 1.29 is 9.47 Å². The minimum Gasteiger partial charge on any atom is -0.495 e. The van der Waals surface area contributed by atoms with Crippen LogP contribution in [-0.4, -0.2) is 7.11 Å². The Hall–Kier alpha value is -2.18. The lowest BCUT2D eigenvalue weighted by atomic mass is 10.2. The standard InChI is InChI=1S/C15H12ClNO2/c1-18-14-3-2-4-15(13(14)9-17)19-10-11-5-7-12(16)8-6-11/h2-8H,10H2,1H3. The second kappa shape index (κ2) is 6.12. The van der Waals surface area contributed by atoms with Gasteiger partial charge in [-0.15, -0.1) is 0 Å². The number of halogens is 1. The van der Waals surface area contributed by atoms with Crippen molar-refractivity contribution in [3.8, 4) is 17.6 Å². The monoisotopic (exact) mass is 273 g/mol. The normalized spacial score (nSPS) is 9.74. The Kier molecular flexibility index (Phi) is 4.27. The first kappa shape index (κ1) is 13.3. The van der Waals surface area contributed by atoms with Crippen LogP contribution in [0.15, 0.2) is 42.5 Å². The number of nitriles is 1. The Morgan fingerprint density at radius 2 is 1.79 bits per heavy atom. The first-order valence-corrected chi connectivity index (χ1v) is 6.06. The zero-order chi connectivity index (χ0) is 13.7. The number of ether oxygens (including phenoxy) is 2. The topological polar surface area (TPSA) is 42.2 Å². The van der Waals surface area contributed by atoms with Crippen molar-refractivity contribution >= 4 is 11.6 Å². The molecule has 96 valence electrons. The largest absolute Gasteiger partial charge is 0.495 e. The van der Waals surface area contributed by atoms with Crippen molar-refractivity contribution in [3.63, 3.8) is 0 Å². The molecule has 0 saturated heterocycles. The predicted octanol–water partition coefficient (Wildman–Crippen LogP) is 3.80. The first-order chi connectivity index (χ1) is 9.24. The lowest BCUT2D eigenvalue weighted by Crippen LogP contribution is -1.98. The molecule has 0 aliphatic carbocycles. The minimum absolute atomic E-state index is 0.374. The number of nitrogens with zero attached hydrogens (tertiary/aromatic N) is 1. The molecule has 19 heavy (non-hydrogen) atoms. The van der Waals surface area contributed by atoms with Gasteiger partial charge in [0.2, 0.25) is 0 Å². The fraction of sp³-hybridized carbons (Fsp3) is 0.133. The van der Waals surface area contributed by atoms with Gasteiger partial charge in [-0.2, -0.15) is 5.26 Å². The van der Waals surface area contributed by atoms with Gasteiger partial charge in [-0.25, -0.2) is 0 Å². The van der Waals surface area contributed by atoms with Crippen molar-refractivity contribution in [3.05, 3.63) is 58.6 Å². The highest BCUT2D eigenvalue weighted by atomic mass is 35.5. The van der Waals surface area contributed by atoms with E-state index in [9.17, 15) is 0 Å². The Morgan fingerprint density at radius 1 is 1.11 bits per heavy atom. The van der Waals surface area contributed by atoms with E-state index in [-0.39, 0.29) is 0 Å². The summed E-state index contributed by atoms with van der Waals surface area (Å²) in [5.41, 5.74) is 1.38. The van der Waals surface area contributed by atoms with E-state index in [1.807, 2.05) is 12.1 Å². The maximum absolute atomic E-state index is 9.14. The van der Waals surface area contributed by atoms with Crippen LogP contribution in [0.1, 0.15) is 11.1 Å². The molecule has 0 aliphatic rings. The molecule has 0 N–H and O–H groups in total. The van der Waals surface area contributed by atoms with E-state index in [1.54, 1.807) is 30.3 Å². The molecule has 0 bridgehead atoms. The molecule has 2 aromatic rings. The molecule has 0 saturated carbocycles. The summed E-state index contributed by atoms with van der Waals surface area (Å²) in [6.07, 6.45) is 0. The van der Waals surface area contributed by atoms with Crippen LogP contribution in [0.5, 0.6) is 11.5 Å². The molecule has 4 heteroatoms. The smallest absolute Gasteiger partial charge is 0.141 e. The summed E-state index contributed by atoms with van der Waals surface area (Å²) in [4.78, 5) is 0. The molecule has 0 spiro atoms. The van der Waals surface area contributed by atoms with Crippen LogP contribution < -0.4 is 9.47 Å². The van der Waals surface area contributed by atoms with E-state index in [0.717, 1.165) is 5.56 Å². The van der Waals surface area contributed by atoms with E-state index in [4.69, 9.17) is 26.3 Å². The lowest BCUT2D eigenvalue weighted by Gasteiger charge is -2.10. The fourth-order valence-corrected chi connectivity index (χ4v) is 1.78. The summed E-state index contributed by atoms with van der Waals surface area (Å²) in [7, 11) is 1.53. The number of hydrogen-bond donors (Lipinski definition) is 0. The van der Waals surface area contributed by atoms with Crippen LogP contribution in [0.25, 0.3) is 0 Å². The van der Waals surface area contributed by atoms with Crippen LogP contribution in [0.3, 0.4) is 0 Å². The number of benzene rings is 2. The van der Waals surface area contributed by atoms with Crippen LogP contribution >= 0.6 is 11.6 Å². The van der Waals surface area contributed by atoms with Crippen LogP contribution in [0.2, 0.25) is 5.02 Å². The lowest BCUT2D eigenvalue weighted by molar-refractivity contribution is 0.302. The summed E-state index contributed by atoms with van der Waals surface area (Å²) in [5.74, 6) is 1.02.